The molecule has 19 heavy (non-hydrogen) atoms. The minimum atomic E-state index is -0.253. The fourth-order valence-electron chi connectivity index (χ4n) is 1.87. The van der Waals surface area contributed by atoms with E-state index in [9.17, 15) is 4.39 Å². The number of nitrogen functional groups attached to an aromatic ring is 2. The van der Waals surface area contributed by atoms with Crippen LogP contribution in [0.2, 0.25) is 0 Å². The first-order valence-electron chi connectivity index (χ1n) is 5.86. The van der Waals surface area contributed by atoms with Crippen molar-refractivity contribution < 1.29 is 4.39 Å². The molecule has 0 saturated heterocycles. The van der Waals surface area contributed by atoms with E-state index in [0.29, 0.717) is 11.4 Å². The van der Waals surface area contributed by atoms with Gasteiger partial charge in [-0.3, -0.25) is 0 Å². The first-order valence-corrected chi connectivity index (χ1v) is 5.86. The van der Waals surface area contributed by atoms with E-state index in [1.54, 1.807) is 36.2 Å². The smallest absolute Gasteiger partial charge is 0.223 e. The van der Waals surface area contributed by atoms with E-state index < -0.39 is 0 Å². The fourth-order valence-corrected chi connectivity index (χ4v) is 1.87. The zero-order valence-corrected chi connectivity index (χ0v) is 10.8. The van der Waals surface area contributed by atoms with E-state index in [1.165, 1.54) is 6.07 Å². The van der Waals surface area contributed by atoms with Crippen LogP contribution in [0, 0.1) is 5.82 Å². The van der Waals surface area contributed by atoms with Crippen LogP contribution in [0.5, 0.6) is 0 Å². The molecule has 100 valence electrons. The Morgan fingerprint density at radius 3 is 2.53 bits per heavy atom. The number of hydrogen-bond acceptors (Lipinski definition) is 5. The molecule has 5 nitrogen and oxygen atoms in total. The van der Waals surface area contributed by atoms with Gasteiger partial charge in [-0.2, -0.15) is 9.97 Å². The van der Waals surface area contributed by atoms with Crippen molar-refractivity contribution in [2.75, 3.05) is 23.4 Å². The molecule has 0 aliphatic rings. The Bertz CT molecular complexity index is 567. The van der Waals surface area contributed by atoms with Crippen molar-refractivity contribution in [2.45, 2.75) is 13.0 Å². The largest absolute Gasteiger partial charge is 0.383 e. The van der Waals surface area contributed by atoms with E-state index in [-0.39, 0.29) is 23.6 Å². The van der Waals surface area contributed by atoms with Crippen molar-refractivity contribution in [3.05, 3.63) is 41.7 Å². The number of halogens is 1. The average Bonchev–Trinajstić information content (AvgIpc) is 2.36. The van der Waals surface area contributed by atoms with Gasteiger partial charge in [0.05, 0.1) is 6.04 Å². The highest BCUT2D eigenvalue weighted by atomic mass is 19.1. The zero-order valence-electron chi connectivity index (χ0n) is 10.8. The Balaban J connectivity index is 2.33. The molecule has 6 heteroatoms. The monoisotopic (exact) mass is 261 g/mol. The lowest BCUT2D eigenvalue weighted by Crippen LogP contribution is -2.24. The number of anilines is 3. The highest BCUT2D eigenvalue weighted by molar-refractivity contribution is 5.51. The van der Waals surface area contributed by atoms with Crippen LogP contribution in [-0.2, 0) is 0 Å². The molecule has 0 saturated carbocycles. The van der Waals surface area contributed by atoms with Crippen molar-refractivity contribution in [3.63, 3.8) is 0 Å². The van der Waals surface area contributed by atoms with Crippen LogP contribution >= 0.6 is 0 Å². The van der Waals surface area contributed by atoms with E-state index in [2.05, 4.69) is 9.97 Å². The molecular formula is C13H16FN5. The second-order valence-electron chi connectivity index (χ2n) is 4.32. The number of benzene rings is 1. The minimum Gasteiger partial charge on any atom is -0.383 e. The average molecular weight is 261 g/mol. The molecule has 1 aromatic heterocycles. The Kier molecular flexibility index (Phi) is 3.50. The lowest BCUT2D eigenvalue weighted by atomic mass is 10.1. The summed E-state index contributed by atoms with van der Waals surface area (Å²) in [5, 5.41) is 0. The predicted molar refractivity (Wildman–Crippen MR) is 74.1 cm³/mol. The summed E-state index contributed by atoms with van der Waals surface area (Å²) in [4.78, 5) is 9.71. The van der Waals surface area contributed by atoms with E-state index >= 15 is 0 Å². The Hall–Kier alpha value is -2.37. The van der Waals surface area contributed by atoms with Gasteiger partial charge in [-0.05, 0) is 13.0 Å². The molecule has 4 N–H and O–H groups in total. The maximum Gasteiger partial charge on any atom is 0.223 e. The third-order valence-electron chi connectivity index (χ3n) is 3.05. The van der Waals surface area contributed by atoms with Crippen molar-refractivity contribution in [1.82, 2.24) is 9.97 Å². The molecule has 0 bridgehead atoms. The van der Waals surface area contributed by atoms with Crippen molar-refractivity contribution in [1.29, 1.82) is 0 Å². The summed E-state index contributed by atoms with van der Waals surface area (Å²) >= 11 is 0. The fraction of sp³-hybridized carbons (Fsp3) is 0.231. The van der Waals surface area contributed by atoms with Gasteiger partial charge in [0.25, 0.3) is 0 Å². The lowest BCUT2D eigenvalue weighted by Gasteiger charge is -2.26. The summed E-state index contributed by atoms with van der Waals surface area (Å²) in [7, 11) is 1.80. The lowest BCUT2D eigenvalue weighted by molar-refractivity contribution is 0.584. The molecule has 0 fully saturated rings. The molecule has 2 aromatic rings. The van der Waals surface area contributed by atoms with Crippen LogP contribution in [0.4, 0.5) is 22.0 Å². The van der Waals surface area contributed by atoms with Crippen molar-refractivity contribution in [2.24, 2.45) is 0 Å². The summed E-state index contributed by atoms with van der Waals surface area (Å²) in [6.07, 6.45) is 0. The molecule has 0 radical (unpaired) electrons. The number of rotatable bonds is 3. The number of nitrogens with two attached hydrogens (primary N) is 2. The Morgan fingerprint density at radius 1 is 1.21 bits per heavy atom. The summed E-state index contributed by atoms with van der Waals surface area (Å²) < 4.78 is 13.8. The van der Waals surface area contributed by atoms with Gasteiger partial charge in [0.2, 0.25) is 5.95 Å². The zero-order chi connectivity index (χ0) is 14.0. The van der Waals surface area contributed by atoms with Gasteiger partial charge in [0.15, 0.2) is 0 Å². The number of nitrogens with zero attached hydrogens (tertiary/aromatic N) is 3. The van der Waals surface area contributed by atoms with Gasteiger partial charge in [-0.1, -0.05) is 18.2 Å². The van der Waals surface area contributed by atoms with E-state index in [1.807, 2.05) is 6.92 Å². The standard InChI is InChI=1S/C13H16FN5/c1-8(9-5-3-4-6-10(9)14)19(2)12-7-11(15)17-13(16)18-12/h3-8H,1-2H3,(H4,15,16,17,18). The molecule has 1 aromatic carbocycles. The molecular weight excluding hydrogens is 245 g/mol. The highest BCUT2D eigenvalue weighted by Crippen LogP contribution is 2.26. The number of hydrogen-bond donors (Lipinski definition) is 2. The first kappa shape index (κ1) is 13.1. The molecule has 2 rings (SSSR count). The second kappa shape index (κ2) is 5.09. The molecule has 0 aliphatic heterocycles. The Morgan fingerprint density at radius 2 is 1.89 bits per heavy atom. The van der Waals surface area contributed by atoms with Crippen LogP contribution in [0.3, 0.4) is 0 Å². The van der Waals surface area contributed by atoms with Crippen LogP contribution in [0.15, 0.2) is 30.3 Å². The molecule has 0 spiro atoms. The highest BCUT2D eigenvalue weighted by Gasteiger charge is 2.17. The van der Waals surface area contributed by atoms with Gasteiger partial charge in [0.1, 0.15) is 17.5 Å². The summed E-state index contributed by atoms with van der Waals surface area (Å²) in [6, 6.07) is 8.04. The minimum absolute atomic E-state index is 0.0996. The summed E-state index contributed by atoms with van der Waals surface area (Å²) in [6.45, 7) is 1.88. The third kappa shape index (κ3) is 2.73. The summed E-state index contributed by atoms with van der Waals surface area (Å²) in [5.41, 5.74) is 11.8. The normalized spacial score (nSPS) is 12.2. The van der Waals surface area contributed by atoms with Crippen LogP contribution in [-0.4, -0.2) is 17.0 Å². The Labute approximate surface area is 111 Å². The van der Waals surface area contributed by atoms with Crippen molar-refractivity contribution >= 4 is 17.6 Å². The number of aromatic nitrogens is 2. The second-order valence-corrected chi connectivity index (χ2v) is 4.32. The third-order valence-corrected chi connectivity index (χ3v) is 3.05. The predicted octanol–water partition coefficient (Wildman–Crippen LogP) is 1.98. The molecule has 1 heterocycles. The van der Waals surface area contributed by atoms with E-state index in [0.717, 1.165) is 0 Å². The van der Waals surface area contributed by atoms with Crippen LogP contribution in [0.25, 0.3) is 0 Å². The maximum atomic E-state index is 13.8. The first-order chi connectivity index (χ1) is 8.99. The van der Waals surface area contributed by atoms with Crippen LogP contribution < -0.4 is 16.4 Å². The van der Waals surface area contributed by atoms with Crippen LogP contribution in [0.1, 0.15) is 18.5 Å². The van der Waals surface area contributed by atoms with E-state index in [4.69, 9.17) is 11.5 Å². The van der Waals surface area contributed by atoms with Gasteiger partial charge in [-0.15, -0.1) is 0 Å². The topological polar surface area (TPSA) is 81.1 Å². The molecule has 1 atom stereocenters. The van der Waals surface area contributed by atoms with Crippen molar-refractivity contribution in [3.8, 4) is 0 Å². The molecule has 1 unspecified atom stereocenters. The SMILES string of the molecule is CC(c1ccccc1F)N(C)c1cc(N)nc(N)n1. The molecule has 0 amide bonds. The maximum absolute atomic E-state index is 13.8. The van der Waals surface area contributed by atoms with Gasteiger partial charge >= 0.3 is 0 Å². The van der Waals surface area contributed by atoms with Gasteiger partial charge < -0.3 is 16.4 Å². The molecule has 0 aliphatic carbocycles. The quantitative estimate of drug-likeness (QED) is 0.883. The summed E-state index contributed by atoms with van der Waals surface area (Å²) in [5.74, 6) is 0.690. The van der Waals surface area contributed by atoms with Gasteiger partial charge in [0, 0.05) is 18.7 Å². The van der Waals surface area contributed by atoms with Gasteiger partial charge in [-0.25, -0.2) is 4.39 Å².